The predicted molar refractivity (Wildman–Crippen MR) is 73.0 cm³/mol. The molecule has 0 amide bonds. The van der Waals surface area contributed by atoms with Crippen molar-refractivity contribution in [2.75, 3.05) is 13.2 Å². The Hall–Kier alpha value is -0.600. The lowest BCUT2D eigenvalue weighted by Gasteiger charge is -2.20. The van der Waals surface area contributed by atoms with E-state index in [-0.39, 0.29) is 13.0 Å². The zero-order valence-electron chi connectivity index (χ0n) is 10.8. The van der Waals surface area contributed by atoms with Gasteiger partial charge in [-0.2, -0.15) is 8.78 Å². The van der Waals surface area contributed by atoms with Crippen molar-refractivity contribution < 1.29 is 22.3 Å². The lowest BCUT2D eigenvalue weighted by atomic mass is 10.1. The van der Waals surface area contributed by atoms with Gasteiger partial charge in [-0.3, -0.25) is 11.3 Å². The third-order valence-electron chi connectivity index (χ3n) is 2.64. The van der Waals surface area contributed by atoms with Crippen molar-refractivity contribution >= 4 is 23.2 Å². The average molecular weight is 349 g/mol. The van der Waals surface area contributed by atoms with Crippen molar-refractivity contribution in [3.8, 4) is 0 Å². The van der Waals surface area contributed by atoms with Gasteiger partial charge in [-0.25, -0.2) is 8.78 Å². The van der Waals surface area contributed by atoms with E-state index in [0.29, 0.717) is 15.6 Å². The summed E-state index contributed by atoms with van der Waals surface area (Å²) in [6, 6.07) is 4.20. The van der Waals surface area contributed by atoms with Crippen LogP contribution in [0.3, 0.4) is 0 Å². The van der Waals surface area contributed by atoms with Crippen LogP contribution in [-0.4, -0.2) is 31.6 Å². The summed E-state index contributed by atoms with van der Waals surface area (Å²) in [5.41, 5.74) is 2.99. The number of ether oxygens (including phenoxy) is 1. The van der Waals surface area contributed by atoms with E-state index >= 15 is 0 Å². The number of nitrogens with one attached hydrogen (secondary N) is 1. The normalized spacial score (nSPS) is 13.7. The monoisotopic (exact) mass is 348 g/mol. The molecular formula is C12H14Cl2F4N2O. The summed E-state index contributed by atoms with van der Waals surface area (Å²) in [6.07, 6.45) is -3.53. The Morgan fingerprint density at radius 3 is 2.52 bits per heavy atom. The number of hydrogen-bond donors (Lipinski definition) is 2. The van der Waals surface area contributed by atoms with Gasteiger partial charge in [0.25, 0.3) is 0 Å². The van der Waals surface area contributed by atoms with Crippen LogP contribution in [0.25, 0.3) is 0 Å². The summed E-state index contributed by atoms with van der Waals surface area (Å²) < 4.78 is 53.9. The average Bonchev–Trinajstić information content (AvgIpc) is 2.41. The van der Waals surface area contributed by atoms with Gasteiger partial charge in [0.15, 0.2) is 0 Å². The van der Waals surface area contributed by atoms with Gasteiger partial charge >= 0.3 is 12.3 Å². The highest BCUT2D eigenvalue weighted by atomic mass is 35.5. The lowest BCUT2D eigenvalue weighted by Crippen LogP contribution is -2.42. The Balaban J connectivity index is 2.54. The van der Waals surface area contributed by atoms with E-state index in [0.717, 1.165) is 0 Å². The largest absolute Gasteiger partial charge is 0.373 e. The van der Waals surface area contributed by atoms with Gasteiger partial charge in [0, 0.05) is 16.1 Å². The molecule has 0 aromatic heterocycles. The third kappa shape index (κ3) is 5.96. The summed E-state index contributed by atoms with van der Waals surface area (Å²) in [4.78, 5) is 0. The number of benzene rings is 1. The number of halogens is 6. The molecule has 0 aliphatic rings. The molecule has 0 radical (unpaired) electrons. The van der Waals surface area contributed by atoms with Crippen molar-refractivity contribution in [1.29, 1.82) is 0 Å². The maximum absolute atomic E-state index is 12.7. The molecule has 1 unspecified atom stereocenters. The van der Waals surface area contributed by atoms with Crippen molar-refractivity contribution in [3.05, 3.63) is 33.8 Å². The van der Waals surface area contributed by atoms with Crippen LogP contribution in [0, 0.1) is 0 Å². The van der Waals surface area contributed by atoms with Gasteiger partial charge < -0.3 is 4.74 Å². The minimum Gasteiger partial charge on any atom is -0.373 e. The first-order valence-electron chi connectivity index (χ1n) is 5.90. The topological polar surface area (TPSA) is 47.3 Å². The van der Waals surface area contributed by atoms with Gasteiger partial charge in [0.1, 0.15) is 6.61 Å². The van der Waals surface area contributed by atoms with E-state index < -0.39 is 25.0 Å². The van der Waals surface area contributed by atoms with Crippen molar-refractivity contribution in [2.24, 2.45) is 5.84 Å². The van der Waals surface area contributed by atoms with E-state index in [9.17, 15) is 17.6 Å². The molecule has 120 valence electrons. The first-order valence-corrected chi connectivity index (χ1v) is 6.65. The molecule has 3 nitrogen and oxygen atoms in total. The molecule has 1 aromatic carbocycles. The molecule has 1 atom stereocenters. The maximum Gasteiger partial charge on any atom is 0.330 e. The molecule has 0 aliphatic carbocycles. The molecule has 1 aromatic rings. The van der Waals surface area contributed by atoms with Crippen molar-refractivity contribution in [2.45, 2.75) is 24.8 Å². The van der Waals surface area contributed by atoms with E-state index in [4.69, 9.17) is 29.0 Å². The number of nitrogens with two attached hydrogens (primary N) is 1. The van der Waals surface area contributed by atoms with Crippen LogP contribution in [0.15, 0.2) is 18.2 Å². The van der Waals surface area contributed by atoms with Crippen LogP contribution in [0.5, 0.6) is 0 Å². The molecule has 0 aliphatic heterocycles. The Bertz CT molecular complexity index is 463. The van der Waals surface area contributed by atoms with Gasteiger partial charge in [-0.1, -0.05) is 23.2 Å². The number of hydrazine groups is 1. The quantitative estimate of drug-likeness (QED) is 0.430. The highest BCUT2D eigenvalue weighted by Gasteiger charge is 2.41. The van der Waals surface area contributed by atoms with Crippen LogP contribution in [-0.2, 0) is 11.2 Å². The Kier molecular flexibility index (Phi) is 7.15. The SMILES string of the molecule is NNC(COCC(F)(F)C(F)F)Cc1cc(Cl)ccc1Cl. The fourth-order valence-corrected chi connectivity index (χ4v) is 1.92. The van der Waals surface area contributed by atoms with Crippen LogP contribution in [0.2, 0.25) is 10.0 Å². The molecule has 0 fully saturated rings. The minimum atomic E-state index is -4.19. The first kappa shape index (κ1) is 18.4. The number of hydrogen-bond acceptors (Lipinski definition) is 3. The van der Waals surface area contributed by atoms with Crippen LogP contribution < -0.4 is 11.3 Å². The Morgan fingerprint density at radius 1 is 1.29 bits per heavy atom. The fraction of sp³-hybridized carbons (Fsp3) is 0.500. The van der Waals surface area contributed by atoms with Crippen LogP contribution in [0.4, 0.5) is 17.6 Å². The lowest BCUT2D eigenvalue weighted by molar-refractivity contribution is -0.167. The molecule has 0 saturated heterocycles. The fourth-order valence-electron chi connectivity index (χ4n) is 1.53. The summed E-state index contributed by atoms with van der Waals surface area (Å²) >= 11 is 11.8. The smallest absolute Gasteiger partial charge is 0.330 e. The molecule has 0 heterocycles. The second-order valence-electron chi connectivity index (χ2n) is 4.38. The Labute approximate surface area is 129 Å². The first-order chi connectivity index (χ1) is 9.76. The van der Waals surface area contributed by atoms with Crippen LogP contribution in [0.1, 0.15) is 5.56 Å². The second kappa shape index (κ2) is 8.14. The van der Waals surface area contributed by atoms with Crippen molar-refractivity contribution in [1.82, 2.24) is 5.43 Å². The zero-order valence-corrected chi connectivity index (χ0v) is 12.3. The van der Waals surface area contributed by atoms with Gasteiger partial charge in [-0.05, 0) is 30.2 Å². The van der Waals surface area contributed by atoms with Crippen molar-refractivity contribution in [3.63, 3.8) is 0 Å². The molecule has 21 heavy (non-hydrogen) atoms. The molecule has 1 rings (SSSR count). The third-order valence-corrected chi connectivity index (χ3v) is 3.25. The summed E-state index contributed by atoms with van der Waals surface area (Å²) in [7, 11) is 0. The van der Waals surface area contributed by atoms with Gasteiger partial charge in [-0.15, -0.1) is 0 Å². The minimum absolute atomic E-state index is 0.246. The summed E-state index contributed by atoms with van der Waals surface area (Å²) in [5.74, 6) is 1.09. The van der Waals surface area contributed by atoms with E-state index in [2.05, 4.69) is 10.2 Å². The highest BCUT2D eigenvalue weighted by molar-refractivity contribution is 6.33. The summed E-state index contributed by atoms with van der Waals surface area (Å²) in [6.45, 7) is -1.66. The zero-order chi connectivity index (χ0) is 16.0. The molecule has 3 N–H and O–H groups in total. The second-order valence-corrected chi connectivity index (χ2v) is 5.22. The molecule has 0 spiro atoms. The van der Waals surface area contributed by atoms with Crippen LogP contribution >= 0.6 is 23.2 Å². The number of alkyl halides is 4. The van der Waals surface area contributed by atoms with E-state index in [1.165, 1.54) is 0 Å². The highest BCUT2D eigenvalue weighted by Crippen LogP contribution is 2.24. The summed E-state index contributed by atoms with van der Waals surface area (Å²) in [5, 5.41) is 0.882. The van der Waals surface area contributed by atoms with Gasteiger partial charge in [0.05, 0.1) is 6.61 Å². The molecule has 0 saturated carbocycles. The number of rotatable bonds is 8. The van der Waals surface area contributed by atoms with E-state index in [1.807, 2.05) is 0 Å². The van der Waals surface area contributed by atoms with Gasteiger partial charge in [0.2, 0.25) is 0 Å². The standard InChI is InChI=1S/C12H14Cl2F4N2O/c13-8-1-2-10(14)7(3-8)4-9(20-19)5-21-6-12(17,18)11(15)16/h1-3,9,11,20H,4-6,19H2. The molecular weight excluding hydrogens is 335 g/mol. The molecule has 0 bridgehead atoms. The predicted octanol–water partition coefficient (Wildman–Crippen LogP) is 3.28. The van der Waals surface area contributed by atoms with E-state index in [1.54, 1.807) is 18.2 Å². The maximum atomic E-state index is 12.7. The Morgan fingerprint density at radius 2 is 1.95 bits per heavy atom. The molecule has 9 heteroatoms.